The number of nitrogens with zero attached hydrogens (tertiary/aromatic N) is 2. The van der Waals surface area contributed by atoms with Gasteiger partial charge in [-0.2, -0.15) is 4.31 Å². The highest BCUT2D eigenvalue weighted by Crippen LogP contribution is 2.30. The molecule has 2 heterocycles. The number of halogens is 1. The van der Waals surface area contributed by atoms with Crippen molar-refractivity contribution in [3.63, 3.8) is 0 Å². The van der Waals surface area contributed by atoms with Crippen LogP contribution in [0.2, 0.25) is 0 Å². The molecular formula is C14H17BrN2O3S. The lowest BCUT2D eigenvalue weighted by Crippen LogP contribution is -2.53. The lowest BCUT2D eigenvalue weighted by Gasteiger charge is -2.36. The highest BCUT2D eigenvalue weighted by atomic mass is 79.9. The molecular weight excluding hydrogens is 356 g/mol. The average Bonchev–Trinajstić information content (AvgIpc) is 2.79. The standard InChI is InChI=1S/C14H17BrN2O3S/c1-10-2-4-13(12(15)8-10)21(19,20)16-6-7-17-11(9-16)3-5-14(17)18/h2,4,8,11H,3,5-7,9H2,1H3. The van der Waals surface area contributed by atoms with Gasteiger partial charge in [-0.3, -0.25) is 4.79 Å². The van der Waals surface area contributed by atoms with E-state index in [1.807, 2.05) is 17.9 Å². The van der Waals surface area contributed by atoms with Crippen molar-refractivity contribution in [1.29, 1.82) is 0 Å². The number of fused-ring (bicyclic) bond motifs is 1. The number of piperazine rings is 1. The minimum absolute atomic E-state index is 0.0326. The van der Waals surface area contributed by atoms with Crippen LogP contribution in [0.5, 0.6) is 0 Å². The Morgan fingerprint density at radius 2 is 2.05 bits per heavy atom. The second kappa shape index (κ2) is 5.37. The zero-order valence-corrected chi connectivity index (χ0v) is 14.2. The van der Waals surface area contributed by atoms with Crippen molar-refractivity contribution < 1.29 is 13.2 Å². The van der Waals surface area contributed by atoms with E-state index in [0.717, 1.165) is 12.0 Å². The van der Waals surface area contributed by atoms with E-state index in [0.29, 0.717) is 35.4 Å². The van der Waals surface area contributed by atoms with Crippen LogP contribution < -0.4 is 0 Å². The largest absolute Gasteiger partial charge is 0.337 e. The van der Waals surface area contributed by atoms with Crippen molar-refractivity contribution >= 4 is 31.9 Å². The molecule has 1 amide bonds. The van der Waals surface area contributed by atoms with E-state index in [2.05, 4.69) is 15.9 Å². The van der Waals surface area contributed by atoms with E-state index < -0.39 is 10.0 Å². The van der Waals surface area contributed by atoms with Crippen LogP contribution >= 0.6 is 15.9 Å². The molecule has 2 saturated heterocycles. The molecule has 1 atom stereocenters. The summed E-state index contributed by atoms with van der Waals surface area (Å²) in [5.41, 5.74) is 1.01. The Hall–Kier alpha value is -0.920. The summed E-state index contributed by atoms with van der Waals surface area (Å²) in [6, 6.07) is 5.28. The molecule has 0 radical (unpaired) electrons. The molecule has 114 valence electrons. The van der Waals surface area contributed by atoms with Crippen molar-refractivity contribution in [2.45, 2.75) is 30.7 Å². The fourth-order valence-electron chi connectivity index (χ4n) is 3.01. The first-order chi connectivity index (χ1) is 9.89. The van der Waals surface area contributed by atoms with Gasteiger partial charge in [0.15, 0.2) is 0 Å². The van der Waals surface area contributed by atoms with Crippen LogP contribution in [0.1, 0.15) is 18.4 Å². The fraction of sp³-hybridized carbons (Fsp3) is 0.500. The molecule has 7 heteroatoms. The SMILES string of the molecule is Cc1ccc(S(=O)(=O)N2CCN3C(=O)CCC3C2)c(Br)c1. The number of hydrogen-bond acceptors (Lipinski definition) is 3. The molecule has 0 aliphatic carbocycles. The summed E-state index contributed by atoms with van der Waals surface area (Å²) in [6.45, 7) is 3.18. The Morgan fingerprint density at radius 1 is 1.29 bits per heavy atom. The monoisotopic (exact) mass is 372 g/mol. The third kappa shape index (κ3) is 2.62. The lowest BCUT2D eigenvalue weighted by atomic mass is 10.2. The van der Waals surface area contributed by atoms with Crippen molar-refractivity contribution in [3.8, 4) is 0 Å². The van der Waals surface area contributed by atoms with Gasteiger partial charge in [-0.05, 0) is 47.0 Å². The molecule has 0 saturated carbocycles. The summed E-state index contributed by atoms with van der Waals surface area (Å²) in [5, 5.41) is 0. The lowest BCUT2D eigenvalue weighted by molar-refractivity contribution is -0.130. The molecule has 1 unspecified atom stereocenters. The van der Waals surface area contributed by atoms with Gasteiger partial charge in [-0.1, -0.05) is 6.07 Å². The zero-order valence-electron chi connectivity index (χ0n) is 11.8. The Morgan fingerprint density at radius 3 is 2.76 bits per heavy atom. The van der Waals surface area contributed by atoms with Crippen LogP contribution in [0.3, 0.4) is 0 Å². The summed E-state index contributed by atoms with van der Waals surface area (Å²) in [7, 11) is -3.52. The number of hydrogen-bond donors (Lipinski definition) is 0. The highest BCUT2D eigenvalue weighted by molar-refractivity contribution is 9.10. The number of carbonyl (C=O) groups is 1. The van der Waals surface area contributed by atoms with Gasteiger partial charge >= 0.3 is 0 Å². The molecule has 1 aromatic rings. The topological polar surface area (TPSA) is 57.7 Å². The normalized spacial score (nSPS) is 23.4. The number of amides is 1. The molecule has 1 aromatic carbocycles. The average molecular weight is 373 g/mol. The third-order valence-corrected chi connectivity index (χ3v) is 7.00. The number of benzene rings is 1. The van der Waals surface area contributed by atoms with Gasteiger partial charge in [0.2, 0.25) is 15.9 Å². The molecule has 2 aliphatic heterocycles. The Bertz CT molecular complexity index is 689. The van der Waals surface area contributed by atoms with Gasteiger partial charge in [0, 0.05) is 36.6 Å². The van der Waals surface area contributed by atoms with E-state index in [4.69, 9.17) is 0 Å². The fourth-order valence-corrected chi connectivity index (χ4v) is 5.63. The molecule has 5 nitrogen and oxygen atoms in total. The van der Waals surface area contributed by atoms with Crippen LogP contribution in [0.15, 0.2) is 27.6 Å². The first-order valence-corrected chi connectivity index (χ1v) is 9.18. The number of sulfonamides is 1. The van der Waals surface area contributed by atoms with Gasteiger partial charge in [-0.15, -0.1) is 0 Å². The van der Waals surface area contributed by atoms with E-state index in [1.165, 1.54) is 4.31 Å². The second-order valence-electron chi connectivity index (χ2n) is 5.58. The van der Waals surface area contributed by atoms with E-state index in [9.17, 15) is 13.2 Å². The van der Waals surface area contributed by atoms with Gasteiger partial charge in [-0.25, -0.2) is 8.42 Å². The summed E-state index contributed by atoms with van der Waals surface area (Å²) in [6.07, 6.45) is 1.28. The molecule has 0 bridgehead atoms. The van der Waals surface area contributed by atoms with Crippen molar-refractivity contribution in [2.75, 3.05) is 19.6 Å². The minimum atomic E-state index is -3.52. The van der Waals surface area contributed by atoms with Gasteiger partial charge < -0.3 is 4.90 Å². The quantitative estimate of drug-likeness (QED) is 0.794. The molecule has 21 heavy (non-hydrogen) atoms. The first kappa shape index (κ1) is 15.0. The molecule has 3 rings (SSSR count). The molecule has 0 aromatic heterocycles. The van der Waals surface area contributed by atoms with E-state index in [-0.39, 0.29) is 11.9 Å². The van der Waals surface area contributed by atoms with E-state index >= 15 is 0 Å². The maximum Gasteiger partial charge on any atom is 0.244 e. The summed E-state index contributed by atoms with van der Waals surface area (Å²) in [5.74, 6) is 0.147. The highest BCUT2D eigenvalue weighted by Gasteiger charge is 2.39. The van der Waals surface area contributed by atoms with Crippen LogP contribution in [-0.2, 0) is 14.8 Å². The maximum absolute atomic E-state index is 12.8. The van der Waals surface area contributed by atoms with Crippen molar-refractivity contribution in [1.82, 2.24) is 9.21 Å². The van der Waals surface area contributed by atoms with Crippen molar-refractivity contribution in [2.24, 2.45) is 0 Å². The minimum Gasteiger partial charge on any atom is -0.337 e. The van der Waals surface area contributed by atoms with Gasteiger partial charge in [0.1, 0.15) is 0 Å². The Balaban J connectivity index is 1.87. The van der Waals surface area contributed by atoms with Gasteiger partial charge in [0.05, 0.1) is 4.90 Å². The third-order valence-electron chi connectivity index (χ3n) is 4.16. The molecule has 2 aliphatic rings. The Kier molecular flexibility index (Phi) is 3.83. The number of rotatable bonds is 2. The van der Waals surface area contributed by atoms with Crippen LogP contribution in [0.25, 0.3) is 0 Å². The number of carbonyl (C=O) groups excluding carboxylic acids is 1. The van der Waals surface area contributed by atoms with Crippen LogP contribution in [0.4, 0.5) is 0 Å². The zero-order chi connectivity index (χ0) is 15.2. The maximum atomic E-state index is 12.8. The molecule has 0 spiro atoms. The van der Waals surface area contributed by atoms with Crippen molar-refractivity contribution in [3.05, 3.63) is 28.2 Å². The summed E-state index contributed by atoms with van der Waals surface area (Å²) < 4.78 is 27.7. The predicted octanol–water partition coefficient (Wildman–Crippen LogP) is 1.75. The van der Waals surface area contributed by atoms with Crippen LogP contribution in [-0.4, -0.2) is 49.2 Å². The summed E-state index contributed by atoms with van der Waals surface area (Å²) in [4.78, 5) is 13.8. The van der Waals surface area contributed by atoms with Crippen LogP contribution in [0, 0.1) is 6.92 Å². The molecule has 0 N–H and O–H groups in total. The first-order valence-electron chi connectivity index (χ1n) is 6.95. The summed E-state index contributed by atoms with van der Waals surface area (Å²) >= 11 is 3.35. The Labute approximate surface area is 133 Å². The second-order valence-corrected chi connectivity index (χ2v) is 8.34. The molecule has 2 fully saturated rings. The van der Waals surface area contributed by atoms with Gasteiger partial charge in [0.25, 0.3) is 0 Å². The number of aryl methyl sites for hydroxylation is 1. The smallest absolute Gasteiger partial charge is 0.244 e. The van der Waals surface area contributed by atoms with E-state index in [1.54, 1.807) is 12.1 Å². The predicted molar refractivity (Wildman–Crippen MR) is 82.4 cm³/mol.